The van der Waals surface area contributed by atoms with E-state index in [0.717, 1.165) is 14.2 Å². The van der Waals surface area contributed by atoms with E-state index in [1.165, 1.54) is 25.1 Å². The van der Waals surface area contributed by atoms with Gasteiger partial charge in [0.2, 0.25) is 5.91 Å². The lowest BCUT2D eigenvalue weighted by atomic mass is 9.79. The van der Waals surface area contributed by atoms with Crippen LogP contribution in [0.3, 0.4) is 0 Å². The molecule has 1 aromatic carbocycles. The van der Waals surface area contributed by atoms with Gasteiger partial charge < -0.3 is 24.8 Å². The fourth-order valence-electron chi connectivity index (χ4n) is 3.32. The Bertz CT molecular complexity index is 901. The molecular weight excluding hydrogens is 402 g/mol. The Hall–Kier alpha value is -3.43. The number of allylic oxidation sites excluding steroid dienone is 2. The summed E-state index contributed by atoms with van der Waals surface area (Å²) in [4.78, 5) is 36.6. The fourth-order valence-corrected chi connectivity index (χ4v) is 3.32. The number of nitrogens with one attached hydrogen (secondary N) is 2. The summed E-state index contributed by atoms with van der Waals surface area (Å²) < 4.78 is 40.5. The van der Waals surface area contributed by atoms with Crippen LogP contribution >= 0.6 is 0 Å². The molecule has 0 bridgehead atoms. The zero-order valence-electron chi connectivity index (χ0n) is 17.1. The van der Waals surface area contributed by atoms with Gasteiger partial charge in [0.25, 0.3) is 0 Å². The Labute approximate surface area is 171 Å². The van der Waals surface area contributed by atoms with Gasteiger partial charge in [-0.1, -0.05) is 0 Å². The number of ether oxygens (including phenoxy) is 3. The van der Waals surface area contributed by atoms with Crippen molar-refractivity contribution < 1.29 is 37.4 Å². The summed E-state index contributed by atoms with van der Waals surface area (Å²) in [5.41, 5.74) is 1.09. The van der Waals surface area contributed by atoms with Gasteiger partial charge in [0.1, 0.15) is 5.75 Å². The Morgan fingerprint density at radius 1 is 1.03 bits per heavy atom. The molecule has 1 aliphatic rings. The summed E-state index contributed by atoms with van der Waals surface area (Å²) in [7, 11) is 2.32. The SMILES string of the molecule is COC(=O)C1=C(C)NC(C)=C(C(=O)OC)C1c1cc(NC(C)=O)ccc1OC(F)F. The van der Waals surface area contributed by atoms with Crippen LogP contribution in [0.25, 0.3) is 0 Å². The van der Waals surface area contributed by atoms with E-state index >= 15 is 0 Å². The van der Waals surface area contributed by atoms with E-state index in [1.54, 1.807) is 13.8 Å². The van der Waals surface area contributed by atoms with E-state index in [-0.39, 0.29) is 28.1 Å². The second-order valence-electron chi connectivity index (χ2n) is 6.43. The van der Waals surface area contributed by atoms with Gasteiger partial charge in [0, 0.05) is 29.6 Å². The molecule has 0 saturated heterocycles. The van der Waals surface area contributed by atoms with Gasteiger partial charge in [0.05, 0.1) is 31.3 Å². The van der Waals surface area contributed by atoms with Gasteiger partial charge in [-0.3, -0.25) is 4.79 Å². The number of carbonyl (C=O) groups excluding carboxylic acids is 3. The molecule has 1 aromatic rings. The van der Waals surface area contributed by atoms with E-state index in [2.05, 4.69) is 15.4 Å². The van der Waals surface area contributed by atoms with Gasteiger partial charge in [-0.25, -0.2) is 9.59 Å². The number of amides is 1. The van der Waals surface area contributed by atoms with Crippen molar-refractivity contribution >= 4 is 23.5 Å². The van der Waals surface area contributed by atoms with Crippen molar-refractivity contribution in [3.63, 3.8) is 0 Å². The number of alkyl halides is 2. The standard InChI is InChI=1S/C20H22F2N2O6/c1-9-15(18(26)28-4)17(16(10(2)23-9)19(27)29-5)13-8-12(24-11(3)25)6-7-14(13)30-20(21)22/h6-8,17,20,23H,1-5H3,(H,24,25). The minimum absolute atomic E-state index is 0.0163. The maximum absolute atomic E-state index is 13.1. The Morgan fingerprint density at radius 3 is 2.00 bits per heavy atom. The van der Waals surface area contributed by atoms with Crippen molar-refractivity contribution in [2.45, 2.75) is 33.3 Å². The molecule has 0 aromatic heterocycles. The molecule has 1 amide bonds. The van der Waals surface area contributed by atoms with Crippen LogP contribution in [-0.2, 0) is 23.9 Å². The number of hydrogen-bond acceptors (Lipinski definition) is 7. The molecule has 0 aliphatic carbocycles. The predicted molar refractivity (Wildman–Crippen MR) is 103 cm³/mol. The summed E-state index contributed by atoms with van der Waals surface area (Å²) in [6.07, 6.45) is 0. The summed E-state index contributed by atoms with van der Waals surface area (Å²) in [5, 5.41) is 5.46. The second kappa shape index (κ2) is 9.38. The number of anilines is 1. The first-order chi connectivity index (χ1) is 14.1. The van der Waals surface area contributed by atoms with E-state index in [9.17, 15) is 23.2 Å². The molecule has 2 N–H and O–H groups in total. The van der Waals surface area contributed by atoms with E-state index < -0.39 is 30.4 Å². The van der Waals surface area contributed by atoms with Gasteiger partial charge in [-0.2, -0.15) is 8.78 Å². The summed E-state index contributed by atoms with van der Waals surface area (Å²) in [6, 6.07) is 3.96. The maximum atomic E-state index is 13.1. The molecule has 2 rings (SSSR count). The molecular formula is C20H22F2N2O6. The summed E-state index contributed by atoms with van der Waals surface area (Å²) in [6.45, 7) is 1.29. The number of dihydropyridines is 1. The average molecular weight is 424 g/mol. The number of esters is 2. The first-order valence-electron chi connectivity index (χ1n) is 8.82. The predicted octanol–water partition coefficient (Wildman–Crippen LogP) is 2.83. The molecule has 8 nitrogen and oxygen atoms in total. The van der Waals surface area contributed by atoms with Gasteiger partial charge in [-0.15, -0.1) is 0 Å². The largest absolute Gasteiger partial charge is 0.466 e. The Kier molecular flexibility index (Phi) is 7.14. The number of carbonyl (C=O) groups is 3. The molecule has 0 fully saturated rings. The molecule has 30 heavy (non-hydrogen) atoms. The number of benzene rings is 1. The van der Waals surface area contributed by atoms with Gasteiger partial charge in [-0.05, 0) is 32.0 Å². The number of rotatable bonds is 6. The highest BCUT2D eigenvalue weighted by Gasteiger charge is 2.39. The average Bonchev–Trinajstić information content (AvgIpc) is 2.66. The zero-order chi connectivity index (χ0) is 22.6. The highest BCUT2D eigenvalue weighted by molar-refractivity contribution is 6.00. The van der Waals surface area contributed by atoms with Crippen LogP contribution in [0.2, 0.25) is 0 Å². The molecule has 0 radical (unpaired) electrons. The lowest BCUT2D eigenvalue weighted by Gasteiger charge is -2.31. The highest BCUT2D eigenvalue weighted by atomic mass is 19.3. The lowest BCUT2D eigenvalue weighted by molar-refractivity contribution is -0.137. The molecule has 0 saturated carbocycles. The monoisotopic (exact) mass is 424 g/mol. The first-order valence-corrected chi connectivity index (χ1v) is 8.82. The quantitative estimate of drug-likeness (QED) is 0.677. The van der Waals surface area contributed by atoms with E-state index in [1.807, 2.05) is 0 Å². The fraction of sp³-hybridized carbons (Fsp3) is 0.350. The van der Waals surface area contributed by atoms with Crippen LogP contribution in [0.1, 0.15) is 32.3 Å². The van der Waals surface area contributed by atoms with Crippen molar-refractivity contribution in [3.8, 4) is 5.75 Å². The van der Waals surface area contributed by atoms with Crippen LogP contribution in [0, 0.1) is 0 Å². The lowest BCUT2D eigenvalue weighted by Crippen LogP contribution is -2.32. The van der Waals surface area contributed by atoms with Crippen LogP contribution in [0.4, 0.5) is 14.5 Å². The van der Waals surface area contributed by atoms with Gasteiger partial charge in [0.15, 0.2) is 0 Å². The normalized spacial score (nSPS) is 14.4. The minimum atomic E-state index is -3.16. The van der Waals surface area contributed by atoms with Crippen molar-refractivity contribution in [2.75, 3.05) is 19.5 Å². The number of halogens is 2. The Balaban J connectivity index is 2.82. The number of hydrogen-bond donors (Lipinski definition) is 2. The molecule has 0 unspecified atom stereocenters. The third-order valence-electron chi connectivity index (χ3n) is 4.43. The van der Waals surface area contributed by atoms with Crippen molar-refractivity contribution in [1.82, 2.24) is 5.32 Å². The molecule has 162 valence electrons. The third-order valence-corrected chi connectivity index (χ3v) is 4.43. The third kappa shape index (κ3) is 4.76. The highest BCUT2D eigenvalue weighted by Crippen LogP contribution is 2.44. The van der Waals surface area contributed by atoms with Crippen LogP contribution in [0.5, 0.6) is 5.75 Å². The zero-order valence-corrected chi connectivity index (χ0v) is 17.1. The molecule has 1 aliphatic heterocycles. The number of methoxy groups -OCH3 is 2. The first kappa shape index (κ1) is 22.9. The van der Waals surface area contributed by atoms with Crippen molar-refractivity contribution in [2.24, 2.45) is 0 Å². The van der Waals surface area contributed by atoms with Crippen molar-refractivity contribution in [3.05, 3.63) is 46.3 Å². The Morgan fingerprint density at radius 2 is 1.57 bits per heavy atom. The molecule has 1 heterocycles. The van der Waals surface area contributed by atoms with E-state index in [0.29, 0.717) is 11.4 Å². The van der Waals surface area contributed by atoms with Crippen LogP contribution < -0.4 is 15.4 Å². The minimum Gasteiger partial charge on any atom is -0.466 e. The summed E-state index contributed by atoms with van der Waals surface area (Å²) in [5.74, 6) is -3.35. The topological polar surface area (TPSA) is 103 Å². The summed E-state index contributed by atoms with van der Waals surface area (Å²) >= 11 is 0. The smallest absolute Gasteiger partial charge is 0.387 e. The van der Waals surface area contributed by atoms with E-state index in [4.69, 9.17) is 9.47 Å². The van der Waals surface area contributed by atoms with Crippen LogP contribution in [-0.4, -0.2) is 38.7 Å². The maximum Gasteiger partial charge on any atom is 0.387 e. The molecule has 0 atom stereocenters. The molecule has 0 spiro atoms. The van der Waals surface area contributed by atoms with Gasteiger partial charge >= 0.3 is 18.6 Å². The van der Waals surface area contributed by atoms with Crippen molar-refractivity contribution in [1.29, 1.82) is 0 Å². The second-order valence-corrected chi connectivity index (χ2v) is 6.43. The van der Waals surface area contributed by atoms with Crippen LogP contribution in [0.15, 0.2) is 40.7 Å². The molecule has 10 heteroatoms.